The smallest absolute Gasteiger partial charge is 0.260 e. The minimum absolute atomic E-state index is 0.0291. The number of carbonyl (C=O) groups excluding carboxylic acids is 2. The molecule has 0 aliphatic carbocycles. The Morgan fingerprint density at radius 3 is 2.68 bits per heavy atom. The molecule has 1 N–H and O–H groups in total. The molecule has 4 aromatic rings. The van der Waals surface area contributed by atoms with Crippen molar-refractivity contribution in [1.29, 1.82) is 0 Å². The molecular formula is C25H22N6O3. The van der Waals surface area contributed by atoms with Crippen LogP contribution in [0.5, 0.6) is 5.75 Å². The van der Waals surface area contributed by atoms with Crippen LogP contribution in [-0.4, -0.2) is 67.8 Å². The average molecular weight is 454 g/mol. The summed E-state index contributed by atoms with van der Waals surface area (Å²) in [6.45, 7) is 1.63. The fourth-order valence-electron chi connectivity index (χ4n) is 4.60. The number of benzene rings is 2. The minimum atomic E-state index is -0.0744. The lowest BCUT2D eigenvalue weighted by atomic mass is 10.1. The van der Waals surface area contributed by atoms with Gasteiger partial charge in [0.1, 0.15) is 16.8 Å². The van der Waals surface area contributed by atoms with Gasteiger partial charge < -0.3 is 19.1 Å². The van der Waals surface area contributed by atoms with E-state index in [0.717, 1.165) is 16.8 Å². The molecule has 1 atom stereocenters. The first kappa shape index (κ1) is 20.2. The Labute approximate surface area is 195 Å². The molecule has 0 unspecified atom stereocenters. The highest BCUT2D eigenvalue weighted by Crippen LogP contribution is 2.31. The van der Waals surface area contributed by atoms with Gasteiger partial charge in [-0.3, -0.25) is 9.59 Å². The molecule has 0 saturated carbocycles. The zero-order valence-electron chi connectivity index (χ0n) is 18.3. The van der Waals surface area contributed by atoms with Crippen molar-refractivity contribution in [3.8, 4) is 11.4 Å². The van der Waals surface area contributed by atoms with Gasteiger partial charge in [0, 0.05) is 49.7 Å². The molecule has 0 bridgehead atoms. The fraction of sp³-hybridized carbons (Fsp3) is 0.200. The van der Waals surface area contributed by atoms with E-state index in [2.05, 4.69) is 15.4 Å². The highest BCUT2D eigenvalue weighted by molar-refractivity contribution is 5.98. The zero-order valence-corrected chi connectivity index (χ0v) is 18.3. The molecule has 2 aromatic heterocycles. The van der Waals surface area contributed by atoms with Crippen LogP contribution in [0.15, 0.2) is 78.8 Å². The van der Waals surface area contributed by atoms with Crippen LogP contribution in [0.4, 0.5) is 0 Å². The Bertz CT molecular complexity index is 1410. The molecule has 6 rings (SSSR count). The monoisotopic (exact) mass is 454 g/mol. The number of nitrogens with one attached hydrogen (secondary N) is 1. The Hall–Kier alpha value is -4.40. The van der Waals surface area contributed by atoms with Crippen LogP contribution in [-0.2, 0) is 4.79 Å². The number of hydrogen-bond donors (Lipinski definition) is 1. The van der Waals surface area contributed by atoms with Crippen molar-refractivity contribution in [2.45, 2.75) is 0 Å². The van der Waals surface area contributed by atoms with E-state index in [1.165, 1.54) is 0 Å². The number of carbonyl (C=O) groups is 2. The molecule has 2 amide bonds. The summed E-state index contributed by atoms with van der Waals surface area (Å²) in [5, 5.41) is 10.6. The Morgan fingerprint density at radius 1 is 1.00 bits per heavy atom. The number of ether oxygens (including phenoxy) is 1. The van der Waals surface area contributed by atoms with E-state index in [9.17, 15) is 9.59 Å². The lowest BCUT2D eigenvalue weighted by molar-refractivity contribution is -0.132. The highest BCUT2D eigenvalue weighted by Gasteiger charge is 2.37. The van der Waals surface area contributed by atoms with Crippen molar-refractivity contribution < 1.29 is 14.3 Å². The molecule has 2 aliphatic heterocycles. The fourth-order valence-corrected chi connectivity index (χ4v) is 4.60. The SMILES string of the molecule is O=C(c1ccc2n[nH]nc2c1)N1C=C2CN(C(=O)COc3ccccc3-n3cccc3)C[C@H]2C1. The third-order valence-corrected chi connectivity index (χ3v) is 6.35. The minimum Gasteiger partial charge on any atom is -0.482 e. The second-order valence-corrected chi connectivity index (χ2v) is 8.51. The molecule has 1 fully saturated rings. The normalized spacial score (nSPS) is 17.2. The van der Waals surface area contributed by atoms with Crippen LogP contribution >= 0.6 is 0 Å². The summed E-state index contributed by atoms with van der Waals surface area (Å²) in [4.78, 5) is 29.4. The molecule has 170 valence electrons. The van der Waals surface area contributed by atoms with E-state index < -0.39 is 0 Å². The molecule has 2 aromatic carbocycles. The number of rotatable bonds is 5. The van der Waals surface area contributed by atoms with Gasteiger partial charge in [0.15, 0.2) is 6.61 Å². The maximum atomic E-state index is 13.0. The van der Waals surface area contributed by atoms with E-state index in [4.69, 9.17) is 4.74 Å². The van der Waals surface area contributed by atoms with E-state index in [0.29, 0.717) is 36.5 Å². The van der Waals surface area contributed by atoms with Crippen LogP contribution in [0.3, 0.4) is 0 Å². The van der Waals surface area contributed by atoms with Crippen molar-refractivity contribution in [3.63, 3.8) is 0 Å². The molecule has 1 saturated heterocycles. The van der Waals surface area contributed by atoms with Crippen LogP contribution < -0.4 is 4.74 Å². The van der Waals surface area contributed by atoms with Crippen molar-refractivity contribution in [1.82, 2.24) is 29.8 Å². The van der Waals surface area contributed by atoms with Gasteiger partial charge in [-0.2, -0.15) is 15.4 Å². The molecule has 4 heterocycles. The van der Waals surface area contributed by atoms with Crippen LogP contribution in [0.2, 0.25) is 0 Å². The van der Waals surface area contributed by atoms with Gasteiger partial charge in [-0.05, 0) is 48.0 Å². The number of H-pyrrole nitrogens is 1. The van der Waals surface area contributed by atoms with Crippen molar-refractivity contribution in [2.24, 2.45) is 5.92 Å². The van der Waals surface area contributed by atoms with Crippen molar-refractivity contribution in [2.75, 3.05) is 26.2 Å². The average Bonchev–Trinajstić information content (AvgIpc) is 3.65. The number of fused-ring (bicyclic) bond motifs is 2. The molecule has 9 heteroatoms. The molecule has 0 spiro atoms. The predicted molar refractivity (Wildman–Crippen MR) is 124 cm³/mol. The molecule has 9 nitrogen and oxygen atoms in total. The summed E-state index contributed by atoms with van der Waals surface area (Å²) in [7, 11) is 0. The number of aromatic nitrogens is 4. The Balaban J connectivity index is 1.09. The van der Waals surface area contributed by atoms with Gasteiger partial charge in [0.25, 0.3) is 11.8 Å². The molecule has 34 heavy (non-hydrogen) atoms. The quantitative estimate of drug-likeness (QED) is 0.500. The number of para-hydroxylation sites is 2. The van der Waals surface area contributed by atoms with E-state index in [1.807, 2.05) is 59.6 Å². The van der Waals surface area contributed by atoms with Gasteiger partial charge in [0.05, 0.1) is 5.69 Å². The number of hydrogen-bond acceptors (Lipinski definition) is 5. The number of amides is 2. The highest BCUT2D eigenvalue weighted by atomic mass is 16.5. The number of aromatic amines is 1. The summed E-state index contributed by atoms with van der Waals surface area (Å²) in [5.41, 5.74) is 3.94. The van der Waals surface area contributed by atoms with Gasteiger partial charge in [-0.15, -0.1) is 0 Å². The maximum Gasteiger partial charge on any atom is 0.260 e. The standard InChI is InChI=1S/C25H22N6O3/c32-24(16-34-23-6-2-1-5-22(23)29-9-3-4-10-29)30-12-18-14-31(15-19(18)13-30)25(33)17-7-8-20-21(11-17)27-28-26-20/h1-11,14,19H,12-13,15-16H2,(H,26,27,28)/t19-/m0/s1. The van der Waals surface area contributed by atoms with Crippen LogP contribution in [0.1, 0.15) is 10.4 Å². The van der Waals surface area contributed by atoms with Crippen molar-refractivity contribution in [3.05, 3.63) is 84.3 Å². The van der Waals surface area contributed by atoms with E-state index in [1.54, 1.807) is 28.0 Å². The number of nitrogens with zero attached hydrogens (tertiary/aromatic N) is 5. The van der Waals surface area contributed by atoms with E-state index in [-0.39, 0.29) is 24.3 Å². The first-order valence-electron chi connectivity index (χ1n) is 11.1. The lowest BCUT2D eigenvalue weighted by Gasteiger charge is -2.20. The van der Waals surface area contributed by atoms with E-state index >= 15 is 0 Å². The first-order chi connectivity index (χ1) is 16.7. The number of likely N-dealkylation sites (tertiary alicyclic amines) is 1. The second-order valence-electron chi connectivity index (χ2n) is 8.51. The Morgan fingerprint density at radius 2 is 1.82 bits per heavy atom. The Kier molecular flexibility index (Phi) is 4.87. The lowest BCUT2D eigenvalue weighted by Crippen LogP contribution is -2.35. The summed E-state index contributed by atoms with van der Waals surface area (Å²) in [6, 6.07) is 16.8. The van der Waals surface area contributed by atoms with Gasteiger partial charge >= 0.3 is 0 Å². The third kappa shape index (κ3) is 3.61. The van der Waals surface area contributed by atoms with Crippen LogP contribution in [0, 0.1) is 5.92 Å². The summed E-state index contributed by atoms with van der Waals surface area (Å²) in [6.07, 6.45) is 5.76. The zero-order chi connectivity index (χ0) is 23.1. The van der Waals surface area contributed by atoms with Gasteiger partial charge in [0.2, 0.25) is 0 Å². The van der Waals surface area contributed by atoms with Crippen LogP contribution in [0.25, 0.3) is 16.7 Å². The van der Waals surface area contributed by atoms with Crippen molar-refractivity contribution >= 4 is 22.8 Å². The summed E-state index contributed by atoms with van der Waals surface area (Å²) in [5.74, 6) is 0.670. The molecule has 0 radical (unpaired) electrons. The first-order valence-corrected chi connectivity index (χ1v) is 11.1. The topological polar surface area (TPSA) is 96.3 Å². The van der Waals surface area contributed by atoms with Gasteiger partial charge in [-0.25, -0.2) is 0 Å². The third-order valence-electron chi connectivity index (χ3n) is 6.35. The molecular weight excluding hydrogens is 432 g/mol. The largest absolute Gasteiger partial charge is 0.482 e. The summed E-state index contributed by atoms with van der Waals surface area (Å²) >= 11 is 0. The van der Waals surface area contributed by atoms with Gasteiger partial charge in [-0.1, -0.05) is 12.1 Å². The molecule has 2 aliphatic rings. The summed E-state index contributed by atoms with van der Waals surface area (Å²) < 4.78 is 7.85. The second kappa shape index (κ2) is 8.18. The predicted octanol–water partition coefficient (Wildman–Crippen LogP) is 2.63. The maximum absolute atomic E-state index is 13.0.